The molecule has 0 saturated heterocycles. The van der Waals surface area contributed by atoms with Gasteiger partial charge in [-0.2, -0.15) is 26.3 Å². The molecular weight excluding hydrogens is 574 g/mol. The minimum Gasteiger partial charge on any atom is -0.491 e. The van der Waals surface area contributed by atoms with Gasteiger partial charge in [0.05, 0.1) is 6.04 Å². The van der Waals surface area contributed by atoms with Gasteiger partial charge in [0.1, 0.15) is 18.2 Å². The Morgan fingerprint density at radius 1 is 0.878 bits per heavy atom. The Hall–Kier alpha value is -5.03. The summed E-state index contributed by atoms with van der Waals surface area (Å²) in [6, 6.07) is 12.6. The molecule has 18 heteroatoms. The number of rotatable bonds is 9. The molecule has 1 amide bonds. The average Bonchev–Trinajstić information content (AvgIpc) is 2.85. The van der Waals surface area contributed by atoms with Crippen molar-refractivity contribution in [3.63, 3.8) is 0 Å². The lowest BCUT2D eigenvalue weighted by Gasteiger charge is -2.19. The van der Waals surface area contributed by atoms with Gasteiger partial charge >= 0.3 is 30.3 Å². The van der Waals surface area contributed by atoms with E-state index < -0.39 is 36.3 Å². The van der Waals surface area contributed by atoms with Crippen LogP contribution in [-0.4, -0.2) is 70.0 Å². The summed E-state index contributed by atoms with van der Waals surface area (Å²) in [5, 5.41) is 33.4. The van der Waals surface area contributed by atoms with E-state index in [9.17, 15) is 35.9 Å². The Labute approximate surface area is 227 Å². The number of carbonyl (C=O) groups excluding carboxylic acids is 1. The highest BCUT2D eigenvalue weighted by Crippen LogP contribution is 2.15. The zero-order chi connectivity index (χ0) is 32.0. The molecule has 1 atom stereocenters. The molecule has 12 nitrogen and oxygen atoms in total. The van der Waals surface area contributed by atoms with Crippen LogP contribution in [0.5, 0.6) is 5.75 Å². The van der Waals surface area contributed by atoms with Gasteiger partial charge in [0.25, 0.3) is 5.91 Å². The summed E-state index contributed by atoms with van der Waals surface area (Å²) in [5.74, 6) is -6.42. The van der Waals surface area contributed by atoms with E-state index in [0.29, 0.717) is 22.6 Å². The highest BCUT2D eigenvalue weighted by atomic mass is 19.4. The van der Waals surface area contributed by atoms with Crippen molar-refractivity contribution in [1.82, 2.24) is 5.32 Å². The Balaban J connectivity index is 0.000000941. The molecule has 0 aliphatic rings. The number of alkyl halides is 6. The van der Waals surface area contributed by atoms with E-state index in [1.807, 2.05) is 0 Å². The number of carboxylic acid groups (broad SMARTS) is 3. The largest absolute Gasteiger partial charge is 0.491 e. The van der Waals surface area contributed by atoms with E-state index in [1.54, 1.807) is 48.5 Å². The normalized spacial score (nSPS) is 11.4. The molecule has 9 N–H and O–H groups in total. The zero-order valence-electron chi connectivity index (χ0n) is 20.6. The van der Waals surface area contributed by atoms with Gasteiger partial charge in [-0.1, -0.05) is 12.1 Å². The van der Waals surface area contributed by atoms with Crippen LogP contribution >= 0.6 is 0 Å². The number of ether oxygens (including phenoxy) is 1. The molecule has 0 fully saturated rings. The lowest BCUT2D eigenvalue weighted by atomic mass is 10.1. The molecule has 2 aromatic carbocycles. The van der Waals surface area contributed by atoms with Crippen molar-refractivity contribution >= 4 is 35.3 Å². The molecule has 0 bridgehead atoms. The van der Waals surface area contributed by atoms with Crippen LogP contribution in [0.3, 0.4) is 0 Å². The van der Waals surface area contributed by atoms with Gasteiger partial charge in [-0.15, -0.1) is 0 Å². The molecular formula is C23H24F6N4O8. The summed E-state index contributed by atoms with van der Waals surface area (Å²) in [4.78, 5) is 41.0. The van der Waals surface area contributed by atoms with Gasteiger partial charge in [0.15, 0.2) is 0 Å². The molecule has 0 aliphatic carbocycles. The molecule has 2 rings (SSSR count). The fourth-order valence-electron chi connectivity index (χ4n) is 2.35. The van der Waals surface area contributed by atoms with Crippen LogP contribution in [0.4, 0.5) is 32.0 Å². The Morgan fingerprint density at radius 2 is 1.37 bits per heavy atom. The van der Waals surface area contributed by atoms with Crippen LogP contribution in [0.15, 0.2) is 48.5 Å². The number of nitrogens with two attached hydrogens (primary N) is 2. The predicted octanol–water partition coefficient (Wildman–Crippen LogP) is 2.86. The quantitative estimate of drug-likeness (QED) is 0.0966. The maximum absolute atomic E-state index is 12.4. The number of benzene rings is 2. The van der Waals surface area contributed by atoms with Gasteiger partial charge in [-0.3, -0.25) is 15.0 Å². The van der Waals surface area contributed by atoms with Crippen molar-refractivity contribution in [1.29, 1.82) is 5.41 Å². The Bertz CT molecular complexity index is 1180. The van der Waals surface area contributed by atoms with Crippen molar-refractivity contribution in [2.24, 2.45) is 5.73 Å². The summed E-state index contributed by atoms with van der Waals surface area (Å²) in [7, 11) is 0. The average molecular weight is 598 g/mol. The van der Waals surface area contributed by atoms with Crippen molar-refractivity contribution in [3.8, 4) is 5.75 Å². The topological polar surface area (TPSA) is 226 Å². The number of nitrogen functional groups attached to an aromatic ring is 2. The van der Waals surface area contributed by atoms with Gasteiger partial charge in [0, 0.05) is 23.2 Å². The first-order valence-corrected chi connectivity index (χ1v) is 10.8. The summed E-state index contributed by atoms with van der Waals surface area (Å²) in [6.45, 7) is 0.0787. The third-order valence-corrected chi connectivity index (χ3v) is 4.30. The first kappa shape index (κ1) is 36.0. The maximum Gasteiger partial charge on any atom is 0.490 e. The van der Waals surface area contributed by atoms with Crippen LogP contribution < -0.4 is 21.5 Å². The number of amides is 1. The van der Waals surface area contributed by atoms with E-state index in [-0.39, 0.29) is 31.2 Å². The van der Waals surface area contributed by atoms with Crippen LogP contribution in [-0.2, 0) is 14.4 Å². The second-order valence-corrected chi connectivity index (χ2v) is 7.58. The smallest absolute Gasteiger partial charge is 0.490 e. The van der Waals surface area contributed by atoms with Crippen LogP contribution in [0.25, 0.3) is 0 Å². The number of hydrogen-bond acceptors (Lipinski definition) is 7. The molecule has 0 unspecified atom stereocenters. The molecule has 0 aliphatic heterocycles. The predicted molar refractivity (Wildman–Crippen MR) is 129 cm³/mol. The van der Waals surface area contributed by atoms with Gasteiger partial charge in [-0.25, -0.2) is 9.59 Å². The van der Waals surface area contributed by atoms with Crippen LogP contribution in [0.1, 0.15) is 28.8 Å². The molecule has 0 radical (unpaired) electrons. The molecule has 41 heavy (non-hydrogen) atoms. The van der Waals surface area contributed by atoms with Crippen molar-refractivity contribution in [3.05, 3.63) is 59.7 Å². The number of carboxylic acids is 3. The summed E-state index contributed by atoms with van der Waals surface area (Å²) < 4.78 is 69.1. The highest BCUT2D eigenvalue weighted by Gasteiger charge is 2.38. The maximum atomic E-state index is 12.4. The minimum atomic E-state index is -5.08. The van der Waals surface area contributed by atoms with Crippen LogP contribution in [0.2, 0.25) is 0 Å². The number of hydrogen-bond donors (Lipinski definition) is 7. The standard InChI is InChI=1S/C19H22N4O4.2C2HF3O2/c20-14-6-4-12(5-7-14)19(26)23-15(8-9-17(24)25)11-27-16-3-1-2-13(10-16)18(21)22;2*3-2(4,5)1(6)7/h1-7,10,15H,8-9,11,20H2,(H3,21,22)(H,23,26)(H,24,25);2*(H,6,7)/t15-;;/m1../s1. The SMILES string of the molecule is N=C(N)c1cccc(OC[C@@H](CCC(=O)O)NC(=O)c2ccc(N)cc2)c1.O=C(O)C(F)(F)F.O=C(O)C(F)(F)F. The second-order valence-electron chi connectivity index (χ2n) is 7.58. The lowest BCUT2D eigenvalue weighted by Crippen LogP contribution is -2.39. The number of aliphatic carboxylic acids is 3. The number of anilines is 1. The Morgan fingerprint density at radius 3 is 1.78 bits per heavy atom. The first-order chi connectivity index (χ1) is 18.7. The fourth-order valence-corrected chi connectivity index (χ4v) is 2.35. The van der Waals surface area contributed by atoms with E-state index in [0.717, 1.165) is 0 Å². The number of halogens is 6. The fraction of sp³-hybridized carbons (Fsp3) is 0.261. The molecule has 0 aromatic heterocycles. The minimum absolute atomic E-state index is 0.0787. The van der Waals surface area contributed by atoms with E-state index in [2.05, 4.69) is 5.32 Å². The molecule has 0 saturated carbocycles. The summed E-state index contributed by atoms with van der Waals surface area (Å²) >= 11 is 0. The number of carbonyl (C=O) groups is 4. The lowest BCUT2D eigenvalue weighted by molar-refractivity contribution is -0.193. The molecule has 0 spiro atoms. The number of amidine groups is 1. The second kappa shape index (κ2) is 16.2. The van der Waals surface area contributed by atoms with Gasteiger partial charge in [-0.05, 0) is 42.8 Å². The molecule has 2 aromatic rings. The summed E-state index contributed by atoms with van der Waals surface area (Å²) in [5.41, 5.74) is 12.5. The van der Waals surface area contributed by atoms with E-state index in [1.165, 1.54) is 0 Å². The molecule has 226 valence electrons. The molecule has 0 heterocycles. The highest BCUT2D eigenvalue weighted by molar-refractivity contribution is 5.95. The monoisotopic (exact) mass is 598 g/mol. The third kappa shape index (κ3) is 15.9. The summed E-state index contributed by atoms with van der Waals surface area (Å²) in [6.07, 6.45) is -10.1. The first-order valence-electron chi connectivity index (χ1n) is 10.8. The van der Waals surface area contributed by atoms with Crippen molar-refractivity contribution < 1.29 is 65.6 Å². The van der Waals surface area contributed by atoms with Gasteiger partial charge in [0.2, 0.25) is 0 Å². The van der Waals surface area contributed by atoms with E-state index >= 15 is 0 Å². The van der Waals surface area contributed by atoms with Crippen molar-refractivity contribution in [2.45, 2.75) is 31.2 Å². The Kier molecular flexibility index (Phi) is 14.2. The van der Waals surface area contributed by atoms with Gasteiger partial charge < -0.3 is 36.8 Å². The van der Waals surface area contributed by atoms with E-state index in [4.69, 9.17) is 46.5 Å². The third-order valence-electron chi connectivity index (χ3n) is 4.30. The van der Waals surface area contributed by atoms with Crippen molar-refractivity contribution in [2.75, 3.05) is 12.3 Å². The number of nitrogens with one attached hydrogen (secondary N) is 2. The zero-order valence-corrected chi connectivity index (χ0v) is 20.6. The van der Waals surface area contributed by atoms with Crippen LogP contribution in [0, 0.1) is 5.41 Å².